The minimum atomic E-state index is 0.123. The van der Waals surface area contributed by atoms with Crippen LogP contribution in [0, 0.1) is 0 Å². The second-order valence-electron chi connectivity index (χ2n) is 6.25. The second kappa shape index (κ2) is 5.06. The van der Waals surface area contributed by atoms with Gasteiger partial charge in [-0.25, -0.2) is 0 Å². The Kier molecular flexibility index (Phi) is 3.36. The molecule has 3 nitrogen and oxygen atoms in total. The Labute approximate surface area is 125 Å². The Morgan fingerprint density at radius 3 is 2.76 bits per heavy atom. The quantitative estimate of drug-likeness (QED) is 0.839. The van der Waals surface area contributed by atoms with Crippen molar-refractivity contribution in [3.8, 4) is 0 Å². The van der Waals surface area contributed by atoms with Gasteiger partial charge in [-0.15, -0.1) is 0 Å². The van der Waals surface area contributed by atoms with Crippen molar-refractivity contribution in [2.45, 2.75) is 39.2 Å². The van der Waals surface area contributed by atoms with Gasteiger partial charge >= 0.3 is 0 Å². The van der Waals surface area contributed by atoms with E-state index in [1.165, 1.54) is 27.6 Å². The van der Waals surface area contributed by atoms with Crippen LogP contribution in [-0.4, -0.2) is 28.9 Å². The predicted molar refractivity (Wildman–Crippen MR) is 86.4 cm³/mol. The summed E-state index contributed by atoms with van der Waals surface area (Å²) < 4.78 is 0. The number of amides is 1. The van der Waals surface area contributed by atoms with Crippen LogP contribution in [-0.2, 0) is 11.2 Å². The monoisotopic (exact) mass is 282 g/mol. The smallest absolute Gasteiger partial charge is 0.219 e. The number of H-pyrrole nitrogens is 1. The van der Waals surface area contributed by atoms with Crippen LogP contribution in [0.2, 0.25) is 0 Å². The molecule has 2 atom stereocenters. The van der Waals surface area contributed by atoms with Gasteiger partial charge in [0.2, 0.25) is 5.91 Å². The molecule has 0 aliphatic heterocycles. The molecule has 21 heavy (non-hydrogen) atoms. The first-order valence-electron chi connectivity index (χ1n) is 7.46. The van der Waals surface area contributed by atoms with Crippen molar-refractivity contribution in [1.82, 2.24) is 9.88 Å². The van der Waals surface area contributed by atoms with Gasteiger partial charge in [0, 0.05) is 43.0 Å². The number of hydrogen-bond acceptors (Lipinski definition) is 1. The molecule has 2 aromatic rings. The van der Waals surface area contributed by atoms with E-state index in [0.717, 1.165) is 6.42 Å². The Morgan fingerprint density at radius 1 is 1.33 bits per heavy atom. The van der Waals surface area contributed by atoms with Crippen LogP contribution in [0.25, 0.3) is 10.9 Å². The zero-order valence-electron chi connectivity index (χ0n) is 13.1. The Balaban J connectivity index is 2.18. The van der Waals surface area contributed by atoms with Crippen LogP contribution in [0.1, 0.15) is 37.8 Å². The molecule has 1 aliphatic carbocycles. The molecule has 0 bridgehead atoms. The molecule has 3 heteroatoms. The molecule has 2 unspecified atom stereocenters. The maximum absolute atomic E-state index is 11.9. The molecule has 1 N–H and O–H groups in total. The minimum Gasteiger partial charge on any atom is -0.361 e. The maximum Gasteiger partial charge on any atom is 0.219 e. The van der Waals surface area contributed by atoms with E-state index in [0.29, 0.717) is 0 Å². The molecule has 3 rings (SSSR count). The average Bonchev–Trinajstić information content (AvgIpc) is 2.85. The highest BCUT2D eigenvalue weighted by Crippen LogP contribution is 2.39. The fourth-order valence-corrected chi connectivity index (χ4v) is 3.46. The lowest BCUT2D eigenvalue weighted by Gasteiger charge is -2.36. The van der Waals surface area contributed by atoms with E-state index in [9.17, 15) is 4.79 Å². The molecule has 0 radical (unpaired) electrons. The number of aromatic nitrogens is 1. The summed E-state index contributed by atoms with van der Waals surface area (Å²) in [5.41, 5.74) is 5.13. The third-order valence-corrected chi connectivity index (χ3v) is 4.53. The lowest BCUT2D eigenvalue weighted by Crippen LogP contribution is -2.42. The van der Waals surface area contributed by atoms with E-state index in [4.69, 9.17) is 0 Å². The fourth-order valence-electron chi connectivity index (χ4n) is 3.46. The predicted octanol–water partition coefficient (Wildman–Crippen LogP) is 3.62. The van der Waals surface area contributed by atoms with E-state index in [2.05, 4.69) is 49.3 Å². The molecule has 1 aliphatic rings. The highest BCUT2D eigenvalue weighted by Gasteiger charge is 2.33. The highest BCUT2D eigenvalue weighted by atomic mass is 16.2. The molecule has 1 aromatic carbocycles. The van der Waals surface area contributed by atoms with E-state index in [1.807, 2.05) is 11.9 Å². The standard InChI is InChI=1S/C18H22N2O/c1-11(2)8-15-14-6-5-7-16-18(14)13(10-19-16)9-17(15)20(4)12(3)21/h5-8,10,15,17,19H,9H2,1-4H3. The zero-order chi connectivity index (χ0) is 15.1. The molecule has 110 valence electrons. The molecule has 0 spiro atoms. The number of nitrogens with zero attached hydrogens (tertiary/aromatic N) is 1. The minimum absolute atomic E-state index is 0.123. The molecule has 1 heterocycles. The lowest BCUT2D eigenvalue weighted by molar-refractivity contribution is -0.129. The highest BCUT2D eigenvalue weighted by molar-refractivity contribution is 5.89. The molecule has 0 saturated carbocycles. The van der Waals surface area contributed by atoms with Crippen LogP contribution in [0.3, 0.4) is 0 Å². The Hall–Kier alpha value is -2.03. The number of carbonyl (C=O) groups excluding carboxylic acids is 1. The van der Waals surface area contributed by atoms with Gasteiger partial charge in [-0.05, 0) is 37.5 Å². The average molecular weight is 282 g/mol. The van der Waals surface area contributed by atoms with Crippen LogP contribution in [0.15, 0.2) is 36.0 Å². The second-order valence-corrected chi connectivity index (χ2v) is 6.25. The first-order chi connectivity index (χ1) is 9.99. The number of likely N-dealkylation sites (N-methyl/N-ethyl adjacent to an activating group) is 1. The van der Waals surface area contributed by atoms with Crippen LogP contribution < -0.4 is 0 Å². The van der Waals surface area contributed by atoms with E-state index < -0.39 is 0 Å². The third kappa shape index (κ3) is 2.27. The van der Waals surface area contributed by atoms with E-state index in [-0.39, 0.29) is 17.9 Å². The van der Waals surface area contributed by atoms with E-state index in [1.54, 1.807) is 6.92 Å². The van der Waals surface area contributed by atoms with Crippen molar-refractivity contribution in [3.05, 3.63) is 47.2 Å². The largest absolute Gasteiger partial charge is 0.361 e. The number of hydrogen-bond donors (Lipinski definition) is 1. The number of allylic oxidation sites excluding steroid dienone is 1. The molecule has 0 saturated heterocycles. The normalized spacial score (nSPS) is 20.4. The number of rotatable bonds is 2. The van der Waals surface area contributed by atoms with Gasteiger partial charge in [-0.2, -0.15) is 0 Å². The molecular formula is C18H22N2O. The van der Waals surface area contributed by atoms with Crippen molar-refractivity contribution < 1.29 is 4.79 Å². The first-order valence-corrected chi connectivity index (χ1v) is 7.46. The third-order valence-electron chi connectivity index (χ3n) is 4.53. The van der Waals surface area contributed by atoms with Gasteiger partial charge in [-0.1, -0.05) is 23.8 Å². The maximum atomic E-state index is 11.9. The molecule has 1 amide bonds. The summed E-state index contributed by atoms with van der Waals surface area (Å²) in [6.07, 6.45) is 5.30. The first kappa shape index (κ1) is 13.9. The van der Waals surface area contributed by atoms with Gasteiger partial charge in [-0.3, -0.25) is 4.79 Å². The van der Waals surface area contributed by atoms with Crippen molar-refractivity contribution >= 4 is 16.8 Å². The van der Waals surface area contributed by atoms with Gasteiger partial charge in [0.15, 0.2) is 0 Å². The van der Waals surface area contributed by atoms with Crippen molar-refractivity contribution in [2.75, 3.05) is 7.05 Å². The number of benzene rings is 1. The summed E-state index contributed by atoms with van der Waals surface area (Å²) in [7, 11) is 1.91. The van der Waals surface area contributed by atoms with Crippen LogP contribution in [0.5, 0.6) is 0 Å². The zero-order valence-corrected chi connectivity index (χ0v) is 13.1. The van der Waals surface area contributed by atoms with Crippen molar-refractivity contribution in [1.29, 1.82) is 0 Å². The number of carbonyl (C=O) groups is 1. The van der Waals surface area contributed by atoms with Crippen molar-refractivity contribution in [3.63, 3.8) is 0 Å². The fraction of sp³-hybridized carbons (Fsp3) is 0.389. The van der Waals surface area contributed by atoms with Gasteiger partial charge < -0.3 is 9.88 Å². The molecule has 0 fully saturated rings. The van der Waals surface area contributed by atoms with Gasteiger partial charge in [0.05, 0.1) is 0 Å². The number of aromatic amines is 1. The van der Waals surface area contributed by atoms with Crippen LogP contribution >= 0.6 is 0 Å². The van der Waals surface area contributed by atoms with Gasteiger partial charge in [0.1, 0.15) is 0 Å². The summed E-state index contributed by atoms with van der Waals surface area (Å²) in [5.74, 6) is 0.384. The Bertz CT molecular complexity index is 722. The van der Waals surface area contributed by atoms with Crippen LogP contribution in [0.4, 0.5) is 0 Å². The summed E-state index contributed by atoms with van der Waals surface area (Å²) in [5, 5.41) is 1.34. The van der Waals surface area contributed by atoms with Gasteiger partial charge in [0.25, 0.3) is 0 Å². The SMILES string of the molecule is CC(=O)N(C)C1Cc2c[nH]c3cccc(c23)C1C=C(C)C. The topological polar surface area (TPSA) is 36.1 Å². The molecular weight excluding hydrogens is 260 g/mol. The molecule has 1 aromatic heterocycles. The lowest BCUT2D eigenvalue weighted by atomic mass is 9.78. The van der Waals surface area contributed by atoms with Crippen molar-refractivity contribution in [2.24, 2.45) is 0 Å². The summed E-state index contributed by atoms with van der Waals surface area (Å²) in [6, 6.07) is 6.60. The summed E-state index contributed by atoms with van der Waals surface area (Å²) in [6.45, 7) is 5.89. The summed E-state index contributed by atoms with van der Waals surface area (Å²) in [4.78, 5) is 17.1. The number of nitrogens with one attached hydrogen (secondary N) is 1. The van der Waals surface area contributed by atoms with E-state index >= 15 is 0 Å². The summed E-state index contributed by atoms with van der Waals surface area (Å²) >= 11 is 0. The Morgan fingerprint density at radius 2 is 2.10 bits per heavy atom.